The van der Waals surface area contributed by atoms with Crippen molar-refractivity contribution < 1.29 is 18.7 Å². The van der Waals surface area contributed by atoms with Crippen molar-refractivity contribution in [2.45, 2.75) is 19.8 Å². The summed E-state index contributed by atoms with van der Waals surface area (Å²) in [5.74, 6) is -0.625. The smallest absolute Gasteiger partial charge is 0.278 e. The molecule has 2 amide bonds. The van der Waals surface area contributed by atoms with Crippen LogP contribution in [0.15, 0.2) is 54.9 Å². The predicted octanol–water partition coefficient (Wildman–Crippen LogP) is 4.48. The zero-order chi connectivity index (χ0) is 24.7. The fourth-order valence-electron chi connectivity index (χ4n) is 3.92. The number of carbonyl (C=O) groups excluding carboxylic acids is 2. The number of fused-ring (bicyclic) bond motifs is 1. The molecule has 0 radical (unpaired) electrons. The first-order valence-corrected chi connectivity index (χ1v) is 11.2. The van der Waals surface area contributed by atoms with Gasteiger partial charge in [0.15, 0.2) is 17.2 Å². The predicted molar refractivity (Wildman–Crippen MR) is 130 cm³/mol. The van der Waals surface area contributed by atoms with E-state index in [2.05, 4.69) is 15.3 Å². The molecule has 0 bridgehead atoms. The van der Waals surface area contributed by atoms with Gasteiger partial charge in [0.05, 0.1) is 24.7 Å². The van der Waals surface area contributed by atoms with E-state index < -0.39 is 5.82 Å². The Morgan fingerprint density at radius 1 is 1.17 bits per heavy atom. The van der Waals surface area contributed by atoms with Crippen LogP contribution in [-0.4, -0.2) is 40.3 Å². The van der Waals surface area contributed by atoms with Crippen LogP contribution in [0.5, 0.6) is 5.75 Å². The van der Waals surface area contributed by atoms with Crippen molar-refractivity contribution in [1.82, 2.24) is 14.4 Å². The summed E-state index contributed by atoms with van der Waals surface area (Å²) in [6, 6.07) is 11.7. The molecule has 0 saturated heterocycles. The molecule has 2 aromatic heterocycles. The number of ether oxygens (including phenoxy) is 1. The lowest BCUT2D eigenvalue weighted by atomic mass is 10.1. The number of imidazole rings is 1. The summed E-state index contributed by atoms with van der Waals surface area (Å²) in [6.45, 7) is 1.79. The first-order chi connectivity index (χ1) is 16.9. The number of benzene rings is 2. The van der Waals surface area contributed by atoms with Gasteiger partial charge in [-0.15, -0.1) is 0 Å². The van der Waals surface area contributed by atoms with Crippen molar-refractivity contribution in [3.8, 4) is 17.0 Å². The standard InChI is InChI=1S/C26H24FN5O3/c1-15-24-28-13-22(16-6-8-18(9-7-16)30-25(33)17-4-5-17)32(24)14-21(29-15)26(34)31(2)19-10-11-20(27)23(12-19)35-3/h6-14,17H,4-5H2,1-3H3,(H,30,33). The Kier molecular flexibility index (Phi) is 5.68. The van der Waals surface area contributed by atoms with Crippen LogP contribution < -0.4 is 15.0 Å². The molecule has 4 aromatic rings. The average molecular weight is 474 g/mol. The van der Waals surface area contributed by atoms with Crippen molar-refractivity contribution in [2.24, 2.45) is 5.92 Å². The topological polar surface area (TPSA) is 88.8 Å². The van der Waals surface area contributed by atoms with Gasteiger partial charge in [-0.3, -0.25) is 14.0 Å². The minimum Gasteiger partial charge on any atom is -0.494 e. The van der Waals surface area contributed by atoms with Gasteiger partial charge in [-0.2, -0.15) is 0 Å². The minimum absolute atomic E-state index is 0.0513. The summed E-state index contributed by atoms with van der Waals surface area (Å²) in [6.07, 6.45) is 5.27. The number of methoxy groups -OCH3 is 1. The fourth-order valence-corrected chi connectivity index (χ4v) is 3.92. The third-order valence-electron chi connectivity index (χ3n) is 6.10. The summed E-state index contributed by atoms with van der Waals surface area (Å²) >= 11 is 0. The van der Waals surface area contributed by atoms with E-state index >= 15 is 0 Å². The van der Waals surface area contributed by atoms with Gasteiger partial charge >= 0.3 is 0 Å². The van der Waals surface area contributed by atoms with Crippen LogP contribution in [0.25, 0.3) is 16.9 Å². The van der Waals surface area contributed by atoms with Crippen LogP contribution >= 0.6 is 0 Å². The molecule has 0 unspecified atom stereocenters. The highest BCUT2D eigenvalue weighted by molar-refractivity contribution is 6.04. The number of carbonyl (C=O) groups is 2. The molecule has 1 aliphatic carbocycles. The molecule has 0 atom stereocenters. The van der Waals surface area contributed by atoms with Crippen molar-refractivity contribution in [3.05, 3.63) is 72.1 Å². The second-order valence-electron chi connectivity index (χ2n) is 8.57. The molecule has 8 nitrogen and oxygen atoms in total. The van der Waals surface area contributed by atoms with Crippen molar-refractivity contribution in [2.75, 3.05) is 24.4 Å². The Bertz CT molecular complexity index is 1440. The molecular weight excluding hydrogens is 449 g/mol. The van der Waals surface area contributed by atoms with Crippen LogP contribution in [0.1, 0.15) is 29.0 Å². The molecule has 178 valence electrons. The zero-order valence-corrected chi connectivity index (χ0v) is 19.6. The second kappa shape index (κ2) is 8.83. The highest BCUT2D eigenvalue weighted by atomic mass is 19.1. The molecule has 0 spiro atoms. The Morgan fingerprint density at radius 3 is 2.60 bits per heavy atom. The van der Waals surface area contributed by atoms with Crippen LogP contribution in [0.3, 0.4) is 0 Å². The van der Waals surface area contributed by atoms with E-state index in [1.165, 1.54) is 30.2 Å². The number of amides is 2. The minimum atomic E-state index is -0.506. The number of aromatic nitrogens is 3. The second-order valence-corrected chi connectivity index (χ2v) is 8.57. The maximum Gasteiger partial charge on any atom is 0.278 e. The van der Waals surface area contributed by atoms with E-state index in [0.717, 1.165) is 29.8 Å². The van der Waals surface area contributed by atoms with Gasteiger partial charge in [0.25, 0.3) is 5.91 Å². The first kappa shape index (κ1) is 22.5. The Morgan fingerprint density at radius 2 is 1.91 bits per heavy atom. The third-order valence-corrected chi connectivity index (χ3v) is 6.10. The summed E-state index contributed by atoms with van der Waals surface area (Å²) < 4.78 is 20.7. The lowest BCUT2D eigenvalue weighted by molar-refractivity contribution is -0.117. The zero-order valence-electron chi connectivity index (χ0n) is 19.6. The van der Waals surface area contributed by atoms with E-state index in [1.807, 2.05) is 28.7 Å². The van der Waals surface area contributed by atoms with E-state index in [0.29, 0.717) is 17.0 Å². The normalized spacial score (nSPS) is 13.0. The summed E-state index contributed by atoms with van der Waals surface area (Å²) in [5.41, 5.74) is 4.32. The molecule has 2 heterocycles. The van der Waals surface area contributed by atoms with Crippen LogP contribution in [0.2, 0.25) is 0 Å². The highest BCUT2D eigenvalue weighted by Crippen LogP contribution is 2.31. The summed E-state index contributed by atoms with van der Waals surface area (Å²) in [7, 11) is 2.97. The number of nitrogens with zero attached hydrogens (tertiary/aromatic N) is 4. The Labute approximate surface area is 201 Å². The molecule has 0 aliphatic heterocycles. The number of anilines is 2. The van der Waals surface area contributed by atoms with Crippen molar-refractivity contribution in [1.29, 1.82) is 0 Å². The molecule has 1 fully saturated rings. The highest BCUT2D eigenvalue weighted by Gasteiger charge is 2.29. The number of halogens is 1. The monoisotopic (exact) mass is 473 g/mol. The first-order valence-electron chi connectivity index (χ1n) is 11.2. The van der Waals surface area contributed by atoms with E-state index in [9.17, 15) is 14.0 Å². The molecule has 1 aliphatic rings. The van der Waals surface area contributed by atoms with Gasteiger partial charge in [-0.25, -0.2) is 14.4 Å². The van der Waals surface area contributed by atoms with Gasteiger partial charge in [0, 0.05) is 42.2 Å². The van der Waals surface area contributed by atoms with Crippen LogP contribution in [0, 0.1) is 18.7 Å². The summed E-state index contributed by atoms with van der Waals surface area (Å²) in [4.78, 5) is 35.6. The van der Waals surface area contributed by atoms with E-state index in [4.69, 9.17) is 4.74 Å². The third kappa shape index (κ3) is 4.32. The Hall–Kier alpha value is -4.27. The van der Waals surface area contributed by atoms with Crippen molar-refractivity contribution in [3.63, 3.8) is 0 Å². The van der Waals surface area contributed by atoms with Gasteiger partial charge in [-0.05, 0) is 44.0 Å². The van der Waals surface area contributed by atoms with Gasteiger partial charge in [0.1, 0.15) is 5.69 Å². The van der Waals surface area contributed by atoms with Crippen molar-refractivity contribution >= 4 is 28.8 Å². The van der Waals surface area contributed by atoms with Gasteiger partial charge in [-0.1, -0.05) is 12.1 Å². The molecule has 1 N–H and O–H groups in total. The molecule has 5 rings (SSSR count). The lowest BCUT2D eigenvalue weighted by Crippen LogP contribution is -2.27. The number of rotatable bonds is 6. The molecule has 35 heavy (non-hydrogen) atoms. The largest absolute Gasteiger partial charge is 0.494 e. The molecule has 1 saturated carbocycles. The number of aryl methyl sites for hydroxylation is 1. The van der Waals surface area contributed by atoms with Gasteiger partial charge < -0.3 is 15.0 Å². The number of nitrogens with one attached hydrogen (secondary N) is 1. The molecular formula is C26H24FN5O3. The Balaban J connectivity index is 1.45. The SMILES string of the molecule is COc1cc(N(C)C(=O)c2cn3c(-c4ccc(NC(=O)C5CC5)cc4)cnc3c(C)n2)ccc1F. The average Bonchev–Trinajstić information content (AvgIpc) is 3.63. The molecule has 9 heteroatoms. The van der Waals surface area contributed by atoms with Crippen LogP contribution in [-0.2, 0) is 4.79 Å². The fraction of sp³-hybridized carbons (Fsp3) is 0.231. The quantitative estimate of drug-likeness (QED) is 0.446. The van der Waals surface area contributed by atoms with Gasteiger partial charge in [0.2, 0.25) is 5.91 Å². The maximum atomic E-state index is 13.8. The van der Waals surface area contributed by atoms with E-state index in [-0.39, 0.29) is 29.2 Å². The number of hydrogen-bond acceptors (Lipinski definition) is 5. The molecule has 2 aromatic carbocycles. The van der Waals surface area contributed by atoms with Crippen LogP contribution in [0.4, 0.5) is 15.8 Å². The lowest BCUT2D eigenvalue weighted by Gasteiger charge is -2.18. The number of hydrogen-bond donors (Lipinski definition) is 1. The van der Waals surface area contributed by atoms with E-state index in [1.54, 1.807) is 26.4 Å². The maximum absolute atomic E-state index is 13.8. The summed E-state index contributed by atoms with van der Waals surface area (Å²) in [5, 5.41) is 2.93.